The lowest BCUT2D eigenvalue weighted by Gasteiger charge is -2.30. The van der Waals surface area contributed by atoms with Gasteiger partial charge in [-0.25, -0.2) is 0 Å². The Labute approximate surface area is 152 Å². The average Bonchev–Trinajstić information content (AvgIpc) is 2.64. The first-order valence-electron chi connectivity index (χ1n) is 9.99. The van der Waals surface area contributed by atoms with Crippen LogP contribution < -0.4 is 10.1 Å². The van der Waals surface area contributed by atoms with Gasteiger partial charge in [-0.2, -0.15) is 0 Å². The molecular weight excluding hydrogens is 312 g/mol. The van der Waals surface area contributed by atoms with E-state index in [1.165, 1.54) is 43.5 Å². The zero-order chi connectivity index (χ0) is 17.6. The second kappa shape index (κ2) is 9.02. The first-order valence-corrected chi connectivity index (χ1v) is 9.99. The molecule has 25 heavy (non-hydrogen) atoms. The second-order valence-corrected chi connectivity index (χ2v) is 7.80. The van der Waals surface area contributed by atoms with Crippen molar-refractivity contribution < 1.29 is 9.84 Å². The molecule has 0 bridgehead atoms. The fraction of sp³-hybridized carbons (Fsp3) is 0.714. The number of hydrogen-bond donors (Lipinski definition) is 2. The van der Waals surface area contributed by atoms with E-state index in [0.717, 1.165) is 38.0 Å². The van der Waals surface area contributed by atoms with Gasteiger partial charge >= 0.3 is 0 Å². The molecule has 1 aliphatic carbocycles. The maximum atomic E-state index is 9.68. The van der Waals surface area contributed by atoms with Gasteiger partial charge in [0, 0.05) is 24.2 Å². The molecule has 0 unspecified atom stereocenters. The molecule has 4 nitrogen and oxygen atoms in total. The molecule has 140 valence electrons. The Morgan fingerprint density at radius 3 is 2.56 bits per heavy atom. The molecule has 1 atom stereocenters. The SMILES string of the molecule is COc1ccc([C@@H](C)NC2CCC(O)CC2)cc1CN1CCCCC1. The van der Waals surface area contributed by atoms with Crippen molar-refractivity contribution in [2.45, 2.75) is 76.6 Å². The van der Waals surface area contributed by atoms with Crippen molar-refractivity contribution >= 4 is 0 Å². The Hall–Kier alpha value is -1.10. The quantitative estimate of drug-likeness (QED) is 0.825. The van der Waals surface area contributed by atoms with Crippen molar-refractivity contribution in [2.24, 2.45) is 0 Å². The predicted octanol–water partition coefficient (Wildman–Crippen LogP) is 3.64. The summed E-state index contributed by atoms with van der Waals surface area (Å²) in [5, 5.41) is 13.4. The van der Waals surface area contributed by atoms with E-state index in [9.17, 15) is 5.11 Å². The van der Waals surface area contributed by atoms with Gasteiger partial charge in [0.15, 0.2) is 0 Å². The second-order valence-electron chi connectivity index (χ2n) is 7.80. The summed E-state index contributed by atoms with van der Waals surface area (Å²) in [7, 11) is 1.77. The number of aliphatic hydroxyl groups excluding tert-OH is 1. The summed E-state index contributed by atoms with van der Waals surface area (Å²) in [6, 6.07) is 7.48. The third kappa shape index (κ3) is 5.19. The zero-order valence-corrected chi connectivity index (χ0v) is 15.8. The fourth-order valence-corrected chi connectivity index (χ4v) is 4.24. The molecule has 0 spiro atoms. The molecule has 0 radical (unpaired) electrons. The van der Waals surface area contributed by atoms with Crippen LogP contribution in [0.1, 0.15) is 69.0 Å². The number of methoxy groups -OCH3 is 1. The highest BCUT2D eigenvalue weighted by Gasteiger charge is 2.21. The molecule has 1 saturated heterocycles. The summed E-state index contributed by atoms with van der Waals surface area (Å²) in [5.74, 6) is 1.00. The third-order valence-corrected chi connectivity index (χ3v) is 5.83. The molecule has 1 aliphatic heterocycles. The number of nitrogens with zero attached hydrogens (tertiary/aromatic N) is 1. The third-order valence-electron chi connectivity index (χ3n) is 5.83. The zero-order valence-electron chi connectivity index (χ0n) is 15.8. The van der Waals surface area contributed by atoms with Gasteiger partial charge in [0.2, 0.25) is 0 Å². The Bertz CT molecular complexity index is 535. The van der Waals surface area contributed by atoms with Crippen LogP contribution in [0.3, 0.4) is 0 Å². The molecule has 2 N–H and O–H groups in total. The summed E-state index contributed by atoms with van der Waals surface area (Å²) in [6.45, 7) is 5.63. The lowest BCUT2D eigenvalue weighted by Crippen LogP contribution is -2.36. The Morgan fingerprint density at radius 1 is 1.16 bits per heavy atom. The van der Waals surface area contributed by atoms with Gasteiger partial charge in [-0.3, -0.25) is 4.90 Å². The molecule has 0 amide bonds. The molecule has 4 heteroatoms. The van der Waals surface area contributed by atoms with E-state index in [0.29, 0.717) is 12.1 Å². The van der Waals surface area contributed by atoms with E-state index in [2.05, 4.69) is 35.3 Å². The van der Waals surface area contributed by atoms with Crippen LogP contribution in [0.2, 0.25) is 0 Å². The predicted molar refractivity (Wildman–Crippen MR) is 102 cm³/mol. The number of nitrogens with one attached hydrogen (secondary N) is 1. The highest BCUT2D eigenvalue weighted by molar-refractivity contribution is 5.38. The summed E-state index contributed by atoms with van der Waals surface area (Å²) in [6.07, 6.45) is 7.89. The fourth-order valence-electron chi connectivity index (χ4n) is 4.24. The van der Waals surface area contributed by atoms with E-state index in [1.807, 2.05) is 0 Å². The minimum Gasteiger partial charge on any atom is -0.496 e. The highest BCUT2D eigenvalue weighted by Crippen LogP contribution is 2.27. The molecule has 2 aliphatic rings. The van der Waals surface area contributed by atoms with Gasteiger partial charge in [-0.15, -0.1) is 0 Å². The van der Waals surface area contributed by atoms with Crippen molar-refractivity contribution in [1.29, 1.82) is 0 Å². The van der Waals surface area contributed by atoms with Crippen LogP contribution in [-0.2, 0) is 6.54 Å². The van der Waals surface area contributed by atoms with Gasteiger partial charge in [-0.05, 0) is 76.2 Å². The smallest absolute Gasteiger partial charge is 0.123 e. The van der Waals surface area contributed by atoms with Crippen molar-refractivity contribution in [3.63, 3.8) is 0 Å². The number of rotatable bonds is 6. The molecule has 1 saturated carbocycles. The Kier molecular flexibility index (Phi) is 6.74. The standard InChI is InChI=1S/C21H34N2O2/c1-16(22-19-7-9-20(24)10-8-19)17-6-11-21(25-2)18(14-17)15-23-12-4-3-5-13-23/h6,11,14,16,19-20,22,24H,3-5,7-10,12-13,15H2,1-2H3/t16-,19?,20?/m1/s1. The minimum absolute atomic E-state index is 0.0921. The van der Waals surface area contributed by atoms with Gasteiger partial charge < -0.3 is 15.2 Å². The first-order chi connectivity index (χ1) is 12.2. The number of hydrogen-bond acceptors (Lipinski definition) is 4. The summed E-state index contributed by atoms with van der Waals surface area (Å²) in [4.78, 5) is 2.55. The van der Waals surface area contributed by atoms with Crippen LogP contribution in [0, 0.1) is 0 Å². The molecule has 2 fully saturated rings. The lowest BCUT2D eigenvalue weighted by atomic mass is 9.92. The minimum atomic E-state index is -0.0921. The van der Waals surface area contributed by atoms with E-state index in [1.54, 1.807) is 7.11 Å². The molecule has 1 heterocycles. The van der Waals surface area contributed by atoms with Crippen LogP contribution in [0.5, 0.6) is 5.75 Å². The van der Waals surface area contributed by atoms with Crippen molar-refractivity contribution in [3.8, 4) is 5.75 Å². The van der Waals surface area contributed by atoms with E-state index in [4.69, 9.17) is 4.74 Å². The molecule has 0 aromatic heterocycles. The summed E-state index contributed by atoms with van der Waals surface area (Å²) in [5.41, 5.74) is 2.63. The normalized spacial score (nSPS) is 26.4. The van der Waals surface area contributed by atoms with E-state index < -0.39 is 0 Å². The van der Waals surface area contributed by atoms with Gasteiger partial charge in [0.25, 0.3) is 0 Å². The van der Waals surface area contributed by atoms with Gasteiger partial charge in [0.1, 0.15) is 5.75 Å². The number of piperidine rings is 1. The highest BCUT2D eigenvalue weighted by atomic mass is 16.5. The van der Waals surface area contributed by atoms with Crippen molar-refractivity contribution in [3.05, 3.63) is 29.3 Å². The van der Waals surface area contributed by atoms with Gasteiger partial charge in [-0.1, -0.05) is 12.5 Å². The Balaban J connectivity index is 1.65. The first kappa shape index (κ1) is 18.7. The van der Waals surface area contributed by atoms with Crippen LogP contribution in [0.4, 0.5) is 0 Å². The maximum Gasteiger partial charge on any atom is 0.123 e. The summed E-state index contributed by atoms with van der Waals surface area (Å²) < 4.78 is 5.61. The van der Waals surface area contributed by atoms with E-state index in [-0.39, 0.29) is 6.10 Å². The van der Waals surface area contributed by atoms with Crippen LogP contribution in [0.25, 0.3) is 0 Å². The summed E-state index contributed by atoms with van der Waals surface area (Å²) >= 11 is 0. The van der Waals surface area contributed by atoms with E-state index >= 15 is 0 Å². The van der Waals surface area contributed by atoms with Crippen molar-refractivity contribution in [1.82, 2.24) is 10.2 Å². The van der Waals surface area contributed by atoms with Crippen molar-refractivity contribution in [2.75, 3.05) is 20.2 Å². The number of ether oxygens (including phenoxy) is 1. The van der Waals surface area contributed by atoms with Crippen LogP contribution >= 0.6 is 0 Å². The number of benzene rings is 1. The number of likely N-dealkylation sites (tertiary alicyclic amines) is 1. The number of aliphatic hydroxyl groups is 1. The van der Waals surface area contributed by atoms with Crippen LogP contribution in [-0.4, -0.2) is 42.4 Å². The molecule has 3 rings (SSSR count). The van der Waals surface area contributed by atoms with Crippen LogP contribution in [0.15, 0.2) is 18.2 Å². The largest absolute Gasteiger partial charge is 0.496 e. The Morgan fingerprint density at radius 2 is 1.88 bits per heavy atom. The monoisotopic (exact) mass is 346 g/mol. The maximum absolute atomic E-state index is 9.68. The molecular formula is C21H34N2O2. The van der Waals surface area contributed by atoms with Gasteiger partial charge in [0.05, 0.1) is 13.2 Å². The topological polar surface area (TPSA) is 44.7 Å². The molecule has 1 aromatic carbocycles. The molecule has 1 aromatic rings. The average molecular weight is 347 g/mol. The lowest BCUT2D eigenvalue weighted by molar-refractivity contribution is 0.114.